The molecular formula is C10H13N3O2. The Morgan fingerprint density at radius 1 is 1.47 bits per heavy atom. The molecule has 5 heteroatoms. The highest BCUT2D eigenvalue weighted by Crippen LogP contribution is 2.14. The Balaban J connectivity index is 2.91. The van der Waals surface area contributed by atoms with Gasteiger partial charge in [0.2, 0.25) is 0 Å². The van der Waals surface area contributed by atoms with Crippen LogP contribution in [0.15, 0.2) is 29.3 Å². The largest absolute Gasteiger partial charge is 0.369 e. The van der Waals surface area contributed by atoms with Crippen molar-refractivity contribution in [3.05, 3.63) is 29.8 Å². The fraction of sp³-hybridized carbons (Fsp3) is 0.200. The molecule has 0 unspecified atom stereocenters. The molecule has 0 fully saturated rings. The summed E-state index contributed by atoms with van der Waals surface area (Å²) in [6.07, 6.45) is 1.41. The third-order valence-electron chi connectivity index (χ3n) is 1.68. The molecule has 0 aliphatic heterocycles. The van der Waals surface area contributed by atoms with Crippen molar-refractivity contribution in [2.75, 3.05) is 19.6 Å². The molecule has 15 heavy (non-hydrogen) atoms. The summed E-state index contributed by atoms with van der Waals surface area (Å²) < 4.78 is 0. The summed E-state index contributed by atoms with van der Waals surface area (Å²) in [5.74, 6) is -0.402. The molecule has 1 aromatic carbocycles. The van der Waals surface area contributed by atoms with Crippen LogP contribution in [0.4, 0.5) is 5.69 Å². The molecule has 1 rings (SSSR count). The van der Waals surface area contributed by atoms with Crippen LogP contribution in [0.25, 0.3) is 0 Å². The second kappa shape index (κ2) is 5.11. The molecule has 0 aromatic heterocycles. The Labute approximate surface area is 88.0 Å². The number of hydrogen-bond donors (Lipinski definition) is 2. The number of benzene rings is 1. The minimum absolute atomic E-state index is 0.332. The lowest BCUT2D eigenvalue weighted by Crippen LogP contribution is -2.10. The topological polar surface area (TPSA) is 64.9 Å². The number of carbonyl (C=O) groups is 1. The summed E-state index contributed by atoms with van der Waals surface area (Å²) in [4.78, 5) is 16.9. The number of anilines is 1. The van der Waals surface area contributed by atoms with E-state index in [2.05, 4.69) is 4.99 Å². The molecule has 2 N–H and O–H groups in total. The van der Waals surface area contributed by atoms with Crippen molar-refractivity contribution in [3.63, 3.8) is 0 Å². The van der Waals surface area contributed by atoms with Gasteiger partial charge in [-0.25, -0.2) is 0 Å². The van der Waals surface area contributed by atoms with E-state index in [9.17, 15) is 4.79 Å². The SMILES string of the molecule is CN(C)/C=N/C(=O)c1ccccc1NO. The van der Waals surface area contributed by atoms with Gasteiger partial charge in [-0.15, -0.1) is 0 Å². The number of nitrogens with zero attached hydrogens (tertiary/aromatic N) is 2. The molecule has 0 aliphatic rings. The van der Waals surface area contributed by atoms with Crippen molar-refractivity contribution in [2.45, 2.75) is 0 Å². The number of rotatable bonds is 3. The van der Waals surface area contributed by atoms with Gasteiger partial charge in [-0.05, 0) is 12.1 Å². The van der Waals surface area contributed by atoms with E-state index in [4.69, 9.17) is 5.21 Å². The maximum atomic E-state index is 11.6. The lowest BCUT2D eigenvalue weighted by molar-refractivity contribution is 0.100. The van der Waals surface area contributed by atoms with Crippen LogP contribution in [0.5, 0.6) is 0 Å². The highest BCUT2D eigenvalue weighted by molar-refractivity contribution is 6.02. The second-order valence-corrected chi connectivity index (χ2v) is 3.17. The van der Waals surface area contributed by atoms with Crippen molar-refractivity contribution in [1.82, 2.24) is 4.90 Å². The first-order valence-corrected chi connectivity index (χ1v) is 4.39. The van der Waals surface area contributed by atoms with Crippen molar-refractivity contribution < 1.29 is 10.0 Å². The number of hydrogen-bond acceptors (Lipinski definition) is 3. The lowest BCUT2D eigenvalue weighted by atomic mass is 10.2. The van der Waals surface area contributed by atoms with E-state index in [-0.39, 0.29) is 0 Å². The number of aliphatic imine (C=N–C) groups is 1. The smallest absolute Gasteiger partial charge is 0.280 e. The molecule has 0 heterocycles. The molecule has 1 amide bonds. The highest BCUT2D eigenvalue weighted by atomic mass is 16.5. The van der Waals surface area contributed by atoms with Gasteiger partial charge in [-0.3, -0.25) is 15.5 Å². The third-order valence-corrected chi connectivity index (χ3v) is 1.68. The van der Waals surface area contributed by atoms with Crippen molar-refractivity contribution in [1.29, 1.82) is 0 Å². The zero-order chi connectivity index (χ0) is 11.3. The first kappa shape index (κ1) is 11.2. The number of para-hydroxylation sites is 1. The molecule has 0 radical (unpaired) electrons. The molecule has 1 aromatic rings. The Kier molecular flexibility index (Phi) is 3.82. The third kappa shape index (κ3) is 3.07. The predicted octanol–water partition coefficient (Wildman–Crippen LogP) is 1.22. The minimum atomic E-state index is -0.402. The van der Waals surface area contributed by atoms with E-state index >= 15 is 0 Å². The Morgan fingerprint density at radius 3 is 2.73 bits per heavy atom. The van der Waals surface area contributed by atoms with Crippen LogP contribution in [-0.4, -0.2) is 36.4 Å². The van der Waals surface area contributed by atoms with Gasteiger partial charge < -0.3 is 4.90 Å². The monoisotopic (exact) mass is 207 g/mol. The van der Waals surface area contributed by atoms with Crippen LogP contribution >= 0.6 is 0 Å². The van der Waals surface area contributed by atoms with E-state index in [0.717, 1.165) is 0 Å². The predicted molar refractivity (Wildman–Crippen MR) is 58.4 cm³/mol. The zero-order valence-corrected chi connectivity index (χ0v) is 8.64. The van der Waals surface area contributed by atoms with Gasteiger partial charge in [0.1, 0.15) is 0 Å². The lowest BCUT2D eigenvalue weighted by Gasteiger charge is -2.05. The Bertz CT molecular complexity index is 375. The van der Waals surface area contributed by atoms with Gasteiger partial charge in [0, 0.05) is 14.1 Å². The summed E-state index contributed by atoms with van der Waals surface area (Å²) in [6, 6.07) is 6.61. The van der Waals surface area contributed by atoms with Crippen LogP contribution in [0, 0.1) is 0 Å². The van der Waals surface area contributed by atoms with E-state index < -0.39 is 5.91 Å². The van der Waals surface area contributed by atoms with Crippen LogP contribution in [-0.2, 0) is 0 Å². The summed E-state index contributed by atoms with van der Waals surface area (Å²) in [7, 11) is 3.54. The Morgan fingerprint density at radius 2 is 2.13 bits per heavy atom. The van der Waals surface area contributed by atoms with Crippen LogP contribution in [0.1, 0.15) is 10.4 Å². The highest BCUT2D eigenvalue weighted by Gasteiger charge is 2.08. The summed E-state index contributed by atoms with van der Waals surface area (Å²) in [5.41, 5.74) is 2.63. The zero-order valence-electron chi connectivity index (χ0n) is 8.64. The molecule has 5 nitrogen and oxygen atoms in total. The van der Waals surface area contributed by atoms with E-state index in [1.165, 1.54) is 6.34 Å². The van der Waals surface area contributed by atoms with Crippen molar-refractivity contribution >= 4 is 17.9 Å². The average molecular weight is 207 g/mol. The first-order chi connectivity index (χ1) is 7.15. The van der Waals surface area contributed by atoms with E-state index in [1.807, 2.05) is 5.48 Å². The van der Waals surface area contributed by atoms with E-state index in [1.54, 1.807) is 43.3 Å². The number of amides is 1. The van der Waals surface area contributed by atoms with E-state index in [0.29, 0.717) is 11.3 Å². The normalized spacial score (nSPS) is 10.3. The number of carbonyl (C=O) groups excluding carboxylic acids is 1. The minimum Gasteiger partial charge on any atom is -0.369 e. The maximum Gasteiger partial charge on any atom is 0.280 e. The number of nitrogens with one attached hydrogen (secondary N) is 1. The summed E-state index contributed by atoms with van der Waals surface area (Å²) in [6.45, 7) is 0. The van der Waals surface area contributed by atoms with Gasteiger partial charge in [0.25, 0.3) is 5.91 Å². The van der Waals surface area contributed by atoms with Crippen LogP contribution in [0.3, 0.4) is 0 Å². The fourth-order valence-electron chi connectivity index (χ4n) is 1.00. The molecule has 0 saturated carbocycles. The van der Waals surface area contributed by atoms with Gasteiger partial charge in [0.05, 0.1) is 17.6 Å². The molecule has 80 valence electrons. The molecule has 0 atom stereocenters. The molecule has 0 spiro atoms. The average Bonchev–Trinajstić information content (AvgIpc) is 2.25. The fourth-order valence-corrected chi connectivity index (χ4v) is 1.00. The van der Waals surface area contributed by atoms with Crippen LogP contribution in [0.2, 0.25) is 0 Å². The summed E-state index contributed by atoms with van der Waals surface area (Å²) in [5, 5.41) is 8.78. The molecule has 0 saturated heterocycles. The van der Waals surface area contributed by atoms with Crippen LogP contribution < -0.4 is 5.48 Å². The van der Waals surface area contributed by atoms with Crippen molar-refractivity contribution in [3.8, 4) is 0 Å². The van der Waals surface area contributed by atoms with Gasteiger partial charge in [-0.1, -0.05) is 12.1 Å². The standard InChI is InChI=1S/C10H13N3O2/c1-13(2)7-11-10(14)8-5-3-4-6-9(8)12-15/h3-7,12,15H,1-2H3/b11-7+. The van der Waals surface area contributed by atoms with Gasteiger partial charge in [-0.2, -0.15) is 4.99 Å². The molecule has 0 aliphatic carbocycles. The van der Waals surface area contributed by atoms with Gasteiger partial charge >= 0.3 is 0 Å². The summed E-state index contributed by atoms with van der Waals surface area (Å²) >= 11 is 0. The Hall–Kier alpha value is -1.88. The molecule has 0 bridgehead atoms. The first-order valence-electron chi connectivity index (χ1n) is 4.39. The quantitative estimate of drug-likeness (QED) is 0.444. The molecular weight excluding hydrogens is 194 g/mol. The maximum absolute atomic E-state index is 11.6. The van der Waals surface area contributed by atoms with Crippen molar-refractivity contribution in [2.24, 2.45) is 4.99 Å². The second-order valence-electron chi connectivity index (χ2n) is 3.17. The van der Waals surface area contributed by atoms with Gasteiger partial charge in [0.15, 0.2) is 0 Å².